The number of hydrogen-bond donors (Lipinski definition) is 1. The molecule has 0 rings (SSSR count). The van der Waals surface area contributed by atoms with Crippen molar-refractivity contribution < 1.29 is 27.3 Å². The first-order valence-electron chi connectivity index (χ1n) is 13.9. The van der Waals surface area contributed by atoms with E-state index in [9.17, 15) is 14.2 Å². The number of hydrogen-bond acceptors (Lipinski definition) is 6. The minimum absolute atomic E-state index is 0.0145. The smallest absolute Gasteiger partial charge is 0.319 e. The predicted octanol–water partition coefficient (Wildman–Crippen LogP) is 8.07. The summed E-state index contributed by atoms with van der Waals surface area (Å²) < 4.78 is 30.9. The molecule has 0 aliphatic carbocycles. The third-order valence-corrected chi connectivity index (χ3v) is 13.0. The third kappa shape index (κ3) is 18.3. The fourth-order valence-corrected chi connectivity index (χ4v) is 12.3. The van der Waals surface area contributed by atoms with Gasteiger partial charge in [0, 0.05) is 6.54 Å². The summed E-state index contributed by atoms with van der Waals surface area (Å²) in [6, 6.07) is 0. The molecule has 0 aromatic heterocycles. The number of amides is 1. The molecule has 0 aliphatic heterocycles. The van der Waals surface area contributed by atoms with Gasteiger partial charge in [-0.3, -0.25) is 14.2 Å². The minimum Gasteiger partial charge on any atom is -0.465 e. The van der Waals surface area contributed by atoms with Crippen molar-refractivity contribution in [2.45, 2.75) is 113 Å². The highest BCUT2D eigenvalue weighted by Crippen LogP contribution is 2.54. The highest BCUT2D eigenvalue weighted by Gasteiger charge is 2.43. The molecule has 0 saturated carbocycles. The number of allylic oxidation sites excluding steroid dienone is 4. The Morgan fingerprint density at radius 1 is 0.921 bits per heavy atom. The van der Waals surface area contributed by atoms with E-state index in [1.165, 1.54) is 11.1 Å². The van der Waals surface area contributed by atoms with Crippen LogP contribution in [0.2, 0.25) is 39.3 Å². The van der Waals surface area contributed by atoms with Gasteiger partial charge in [0.25, 0.3) is 0 Å². The third-order valence-electron chi connectivity index (χ3n) is 5.63. The maximum atomic E-state index is 13.8. The SMILES string of the molecule is CCOC(=O)C(CP(=O)(O[Si](C)(C)C)O[Si](C)(C)C)C(=O)NCCC(C)(C)CC/C=C(\C)CCC=C(C)C. The lowest BCUT2D eigenvalue weighted by Crippen LogP contribution is -2.41. The van der Waals surface area contributed by atoms with Crippen LogP contribution in [0.5, 0.6) is 0 Å². The Balaban J connectivity index is 5.27. The van der Waals surface area contributed by atoms with Gasteiger partial charge < -0.3 is 18.5 Å². The van der Waals surface area contributed by atoms with E-state index in [0.29, 0.717) is 6.54 Å². The van der Waals surface area contributed by atoms with Crippen molar-refractivity contribution in [3.8, 4) is 0 Å². The average Bonchev–Trinajstić information content (AvgIpc) is 2.68. The second-order valence-electron chi connectivity index (χ2n) is 13.1. The monoisotopic (exact) mass is 589 g/mol. The molecule has 0 bridgehead atoms. The molecule has 0 heterocycles. The lowest BCUT2D eigenvalue weighted by molar-refractivity contribution is -0.151. The van der Waals surface area contributed by atoms with Gasteiger partial charge in [-0.2, -0.15) is 0 Å². The van der Waals surface area contributed by atoms with Crippen molar-refractivity contribution in [3.05, 3.63) is 23.3 Å². The molecule has 1 amide bonds. The molecule has 0 spiro atoms. The molecule has 0 radical (unpaired) electrons. The average molecular weight is 590 g/mol. The Kier molecular flexibility index (Phi) is 15.9. The molecule has 7 nitrogen and oxygen atoms in total. The Bertz CT molecular complexity index is 848. The van der Waals surface area contributed by atoms with Gasteiger partial charge in [0.2, 0.25) is 5.91 Å². The molecular weight excluding hydrogens is 533 g/mol. The highest BCUT2D eigenvalue weighted by atomic mass is 31.2. The van der Waals surface area contributed by atoms with Crippen LogP contribution >= 0.6 is 7.60 Å². The van der Waals surface area contributed by atoms with Gasteiger partial charge in [-0.25, -0.2) is 0 Å². The largest absolute Gasteiger partial charge is 0.465 e. The summed E-state index contributed by atoms with van der Waals surface area (Å²) in [6.45, 7) is 24.5. The lowest BCUT2D eigenvalue weighted by Gasteiger charge is -2.32. The van der Waals surface area contributed by atoms with Crippen LogP contribution in [0.3, 0.4) is 0 Å². The first-order valence-corrected chi connectivity index (χ1v) is 22.5. The molecule has 1 atom stereocenters. The van der Waals surface area contributed by atoms with Crippen LogP contribution in [0, 0.1) is 11.3 Å². The Morgan fingerprint density at radius 3 is 1.95 bits per heavy atom. The quantitative estimate of drug-likeness (QED) is 0.0571. The number of carbonyl (C=O) groups excluding carboxylic acids is 2. The predicted molar refractivity (Wildman–Crippen MR) is 165 cm³/mol. The molecule has 0 saturated heterocycles. The molecule has 0 aromatic rings. The van der Waals surface area contributed by atoms with Crippen molar-refractivity contribution in [2.24, 2.45) is 11.3 Å². The summed E-state index contributed by atoms with van der Waals surface area (Å²) in [4.78, 5) is 25.9. The van der Waals surface area contributed by atoms with E-state index in [2.05, 4.69) is 52.1 Å². The second-order valence-corrected chi connectivity index (χ2v) is 24.6. The minimum atomic E-state index is -3.70. The molecule has 1 N–H and O–H groups in total. The van der Waals surface area contributed by atoms with Crippen LogP contribution in [0.15, 0.2) is 23.3 Å². The van der Waals surface area contributed by atoms with E-state index in [1.807, 2.05) is 39.3 Å². The number of nitrogens with one attached hydrogen (secondary N) is 1. The van der Waals surface area contributed by atoms with Gasteiger partial charge in [0.15, 0.2) is 16.6 Å². The molecule has 0 aliphatic rings. The number of ether oxygens (including phenoxy) is 1. The Hall–Kier alpha value is -0.996. The molecule has 0 aromatic carbocycles. The highest BCUT2D eigenvalue weighted by molar-refractivity contribution is 7.57. The maximum absolute atomic E-state index is 13.8. The van der Waals surface area contributed by atoms with Crippen LogP contribution in [0.4, 0.5) is 0 Å². The van der Waals surface area contributed by atoms with E-state index >= 15 is 0 Å². The van der Waals surface area contributed by atoms with Crippen molar-refractivity contribution in [1.29, 1.82) is 0 Å². The van der Waals surface area contributed by atoms with Gasteiger partial charge in [0.1, 0.15) is 5.92 Å². The van der Waals surface area contributed by atoms with Gasteiger partial charge >= 0.3 is 13.6 Å². The van der Waals surface area contributed by atoms with Crippen molar-refractivity contribution in [2.75, 3.05) is 19.3 Å². The molecular formula is C28H56NO6PSi2. The van der Waals surface area contributed by atoms with Crippen molar-refractivity contribution in [3.63, 3.8) is 0 Å². The second kappa shape index (κ2) is 16.3. The fourth-order valence-electron chi connectivity index (χ4n) is 3.83. The van der Waals surface area contributed by atoms with Gasteiger partial charge in [0.05, 0.1) is 12.8 Å². The fraction of sp³-hybridized carbons (Fsp3) is 0.786. The summed E-state index contributed by atoms with van der Waals surface area (Å²) in [6.07, 6.45) is 9.14. The van der Waals surface area contributed by atoms with Gasteiger partial charge in [-0.1, -0.05) is 37.1 Å². The van der Waals surface area contributed by atoms with E-state index in [1.54, 1.807) is 6.92 Å². The topological polar surface area (TPSA) is 90.9 Å². The van der Waals surface area contributed by atoms with Gasteiger partial charge in [-0.05, 0) is 104 Å². The summed E-state index contributed by atoms with van der Waals surface area (Å²) >= 11 is 0. The van der Waals surface area contributed by atoms with E-state index < -0.39 is 42.0 Å². The molecule has 10 heteroatoms. The standard InChI is InChI=1S/C28H56NO6PSi2/c1-13-33-27(31)25(22-36(32,34-37(7,8)9)35-38(10,11)12)26(30)29-21-20-28(5,6)19-15-18-24(4)17-14-16-23(2)3/h16,18,25H,13-15,17,19-22H2,1-12H3,(H,29,30)/b24-18+. The number of esters is 1. The normalized spacial score (nSPS) is 14.2. The van der Waals surface area contributed by atoms with Gasteiger partial charge in [-0.15, -0.1) is 0 Å². The molecule has 0 fully saturated rings. The van der Waals surface area contributed by atoms with Crippen LogP contribution in [0.25, 0.3) is 0 Å². The van der Waals surface area contributed by atoms with E-state index in [4.69, 9.17) is 13.2 Å². The molecule has 1 unspecified atom stereocenters. The number of carbonyl (C=O) groups is 2. The molecule has 38 heavy (non-hydrogen) atoms. The summed E-state index contributed by atoms with van der Waals surface area (Å²) in [7, 11) is -8.28. The van der Waals surface area contributed by atoms with Crippen LogP contribution < -0.4 is 5.32 Å². The van der Waals surface area contributed by atoms with Crippen molar-refractivity contribution in [1.82, 2.24) is 5.32 Å². The Labute approximate surface area is 235 Å². The van der Waals surface area contributed by atoms with E-state index in [0.717, 1.165) is 32.1 Å². The maximum Gasteiger partial charge on any atom is 0.319 e. The van der Waals surface area contributed by atoms with Crippen LogP contribution in [-0.4, -0.2) is 47.8 Å². The Morgan fingerprint density at radius 2 is 1.47 bits per heavy atom. The number of rotatable bonds is 18. The zero-order valence-electron chi connectivity index (χ0n) is 26.3. The summed E-state index contributed by atoms with van der Waals surface area (Å²) in [5.74, 6) is -2.44. The lowest BCUT2D eigenvalue weighted by atomic mass is 9.84. The summed E-state index contributed by atoms with van der Waals surface area (Å²) in [5, 5.41) is 2.89. The zero-order valence-corrected chi connectivity index (χ0v) is 29.2. The van der Waals surface area contributed by atoms with Crippen LogP contribution in [0.1, 0.15) is 73.6 Å². The summed E-state index contributed by atoms with van der Waals surface area (Å²) in [5.41, 5.74) is 2.76. The van der Waals surface area contributed by atoms with Crippen LogP contribution in [-0.2, 0) is 27.3 Å². The first kappa shape index (κ1) is 37.0. The molecule has 222 valence electrons. The van der Waals surface area contributed by atoms with E-state index in [-0.39, 0.29) is 18.2 Å². The first-order chi connectivity index (χ1) is 17.2. The zero-order chi connectivity index (χ0) is 29.8. The van der Waals surface area contributed by atoms with Crippen molar-refractivity contribution >= 4 is 36.1 Å².